The van der Waals surface area contributed by atoms with Crippen molar-refractivity contribution in [3.63, 3.8) is 0 Å². The zero-order valence-electron chi connectivity index (χ0n) is 9.41. The highest BCUT2D eigenvalue weighted by molar-refractivity contribution is 5.93. The van der Waals surface area contributed by atoms with Gasteiger partial charge in [0.15, 0.2) is 5.69 Å². The maximum Gasteiger partial charge on any atom is 0.360 e. The van der Waals surface area contributed by atoms with E-state index in [-0.39, 0.29) is 0 Å². The van der Waals surface area contributed by atoms with Gasteiger partial charge in [-0.3, -0.25) is 4.68 Å². The molecule has 1 aromatic rings. The van der Waals surface area contributed by atoms with Crippen molar-refractivity contribution in [2.75, 3.05) is 19.0 Å². The number of nitrogens with zero attached hydrogens (tertiary/aromatic N) is 2. The van der Waals surface area contributed by atoms with Crippen molar-refractivity contribution in [2.24, 2.45) is 7.05 Å². The molecular formula is C10H17N3O2. The molecule has 0 fully saturated rings. The summed E-state index contributed by atoms with van der Waals surface area (Å²) < 4.78 is 6.24. The predicted molar refractivity (Wildman–Crippen MR) is 57.9 cm³/mol. The van der Waals surface area contributed by atoms with Crippen LogP contribution in [0.1, 0.15) is 30.3 Å². The van der Waals surface area contributed by atoms with Crippen molar-refractivity contribution in [1.29, 1.82) is 0 Å². The topological polar surface area (TPSA) is 56.2 Å². The van der Waals surface area contributed by atoms with E-state index in [4.69, 9.17) is 0 Å². The van der Waals surface area contributed by atoms with E-state index in [0.717, 1.165) is 25.1 Å². The van der Waals surface area contributed by atoms with Gasteiger partial charge >= 0.3 is 5.97 Å². The highest BCUT2D eigenvalue weighted by Crippen LogP contribution is 2.14. The van der Waals surface area contributed by atoms with Crippen LogP contribution < -0.4 is 5.32 Å². The third kappa shape index (κ3) is 2.97. The van der Waals surface area contributed by atoms with Crippen LogP contribution in [-0.2, 0) is 11.8 Å². The number of aromatic nitrogens is 2. The number of esters is 1. The minimum Gasteiger partial charge on any atom is -0.464 e. The molecule has 5 nitrogen and oxygen atoms in total. The van der Waals surface area contributed by atoms with Crippen LogP contribution in [0.5, 0.6) is 0 Å². The first kappa shape index (κ1) is 11.6. The molecule has 0 unspecified atom stereocenters. The third-order valence-electron chi connectivity index (χ3n) is 2.05. The SMILES string of the molecule is CCCCNc1cn(C)nc1C(=O)OC. The number of anilines is 1. The van der Waals surface area contributed by atoms with E-state index in [1.165, 1.54) is 7.11 Å². The summed E-state index contributed by atoms with van der Waals surface area (Å²) >= 11 is 0. The largest absolute Gasteiger partial charge is 0.464 e. The van der Waals surface area contributed by atoms with Gasteiger partial charge in [0, 0.05) is 19.8 Å². The molecule has 0 aliphatic heterocycles. The fourth-order valence-electron chi connectivity index (χ4n) is 1.27. The smallest absolute Gasteiger partial charge is 0.360 e. The summed E-state index contributed by atoms with van der Waals surface area (Å²) in [4.78, 5) is 11.3. The molecule has 0 aliphatic rings. The average Bonchev–Trinajstić information content (AvgIpc) is 2.59. The summed E-state index contributed by atoms with van der Waals surface area (Å²) in [6.07, 6.45) is 3.96. The molecule has 0 aliphatic carbocycles. The van der Waals surface area contributed by atoms with Gasteiger partial charge in [-0.15, -0.1) is 0 Å². The Hall–Kier alpha value is -1.52. The van der Waals surface area contributed by atoms with E-state index in [0.29, 0.717) is 5.69 Å². The summed E-state index contributed by atoms with van der Waals surface area (Å²) in [7, 11) is 3.13. The monoisotopic (exact) mass is 211 g/mol. The van der Waals surface area contributed by atoms with Gasteiger partial charge in [-0.2, -0.15) is 5.10 Å². The summed E-state index contributed by atoms with van der Waals surface area (Å²) in [5, 5.41) is 7.21. The lowest BCUT2D eigenvalue weighted by Gasteiger charge is -2.03. The molecule has 0 saturated heterocycles. The maximum atomic E-state index is 11.3. The minimum absolute atomic E-state index is 0.344. The Labute approximate surface area is 89.4 Å². The fourth-order valence-corrected chi connectivity index (χ4v) is 1.27. The quantitative estimate of drug-likeness (QED) is 0.591. The van der Waals surface area contributed by atoms with Gasteiger partial charge in [-0.25, -0.2) is 4.79 Å². The average molecular weight is 211 g/mol. The van der Waals surface area contributed by atoms with Crippen molar-refractivity contribution in [2.45, 2.75) is 19.8 Å². The second-order valence-electron chi connectivity index (χ2n) is 3.34. The van der Waals surface area contributed by atoms with Crippen LogP contribution in [0.4, 0.5) is 5.69 Å². The van der Waals surface area contributed by atoms with E-state index in [2.05, 4.69) is 22.1 Å². The molecule has 0 atom stereocenters. The zero-order chi connectivity index (χ0) is 11.3. The Morgan fingerprint density at radius 2 is 2.40 bits per heavy atom. The van der Waals surface area contributed by atoms with Crippen molar-refractivity contribution >= 4 is 11.7 Å². The van der Waals surface area contributed by atoms with Gasteiger partial charge in [0.1, 0.15) is 0 Å². The molecule has 0 radical (unpaired) electrons. The molecule has 0 bridgehead atoms. The molecule has 1 rings (SSSR count). The molecule has 0 spiro atoms. The molecule has 0 amide bonds. The second kappa shape index (κ2) is 5.38. The molecule has 0 saturated carbocycles. The van der Waals surface area contributed by atoms with Crippen LogP contribution in [0.3, 0.4) is 0 Å². The molecule has 15 heavy (non-hydrogen) atoms. The Bertz CT molecular complexity index is 333. The van der Waals surface area contributed by atoms with Gasteiger partial charge in [0.2, 0.25) is 0 Å². The maximum absolute atomic E-state index is 11.3. The summed E-state index contributed by atoms with van der Waals surface area (Å²) in [6.45, 7) is 2.96. The van der Waals surface area contributed by atoms with Gasteiger partial charge in [0.25, 0.3) is 0 Å². The number of hydrogen-bond donors (Lipinski definition) is 1. The predicted octanol–water partition coefficient (Wildman–Crippen LogP) is 1.42. The van der Waals surface area contributed by atoms with Gasteiger partial charge < -0.3 is 10.1 Å². The number of rotatable bonds is 5. The molecule has 0 aromatic carbocycles. The Kier molecular flexibility index (Phi) is 4.15. The number of nitrogens with one attached hydrogen (secondary N) is 1. The fraction of sp³-hybridized carbons (Fsp3) is 0.600. The number of ether oxygens (including phenoxy) is 1. The molecule has 1 aromatic heterocycles. The van der Waals surface area contributed by atoms with Crippen LogP contribution in [0.15, 0.2) is 6.20 Å². The Balaban J connectivity index is 2.72. The third-order valence-corrected chi connectivity index (χ3v) is 2.05. The highest BCUT2D eigenvalue weighted by atomic mass is 16.5. The van der Waals surface area contributed by atoms with Gasteiger partial charge in [0.05, 0.1) is 12.8 Å². The van der Waals surface area contributed by atoms with Crippen molar-refractivity contribution in [1.82, 2.24) is 9.78 Å². The van der Waals surface area contributed by atoms with E-state index < -0.39 is 5.97 Å². The van der Waals surface area contributed by atoms with E-state index >= 15 is 0 Å². The van der Waals surface area contributed by atoms with E-state index in [1.54, 1.807) is 17.9 Å². The van der Waals surface area contributed by atoms with E-state index in [9.17, 15) is 4.79 Å². The number of aryl methyl sites for hydroxylation is 1. The minimum atomic E-state index is -0.408. The van der Waals surface area contributed by atoms with Crippen LogP contribution >= 0.6 is 0 Å². The van der Waals surface area contributed by atoms with Gasteiger partial charge in [-0.05, 0) is 6.42 Å². The van der Waals surface area contributed by atoms with Crippen molar-refractivity contribution in [3.05, 3.63) is 11.9 Å². The number of hydrogen-bond acceptors (Lipinski definition) is 4. The lowest BCUT2D eigenvalue weighted by Crippen LogP contribution is -2.08. The van der Waals surface area contributed by atoms with Crippen molar-refractivity contribution in [3.8, 4) is 0 Å². The summed E-state index contributed by atoms with van der Waals surface area (Å²) in [5.41, 5.74) is 1.08. The molecule has 1 heterocycles. The number of carbonyl (C=O) groups excluding carboxylic acids is 1. The Morgan fingerprint density at radius 3 is 3.00 bits per heavy atom. The number of methoxy groups -OCH3 is 1. The van der Waals surface area contributed by atoms with Crippen LogP contribution in [0, 0.1) is 0 Å². The molecule has 84 valence electrons. The standard InChI is InChI=1S/C10H17N3O2/c1-4-5-6-11-8-7-13(2)12-9(8)10(14)15-3/h7,11H,4-6H2,1-3H3. The first-order valence-corrected chi connectivity index (χ1v) is 5.04. The van der Waals surface area contributed by atoms with Crippen LogP contribution in [-0.4, -0.2) is 29.4 Å². The van der Waals surface area contributed by atoms with E-state index in [1.807, 2.05) is 0 Å². The summed E-state index contributed by atoms with van der Waals surface area (Å²) in [6, 6.07) is 0. The summed E-state index contributed by atoms with van der Waals surface area (Å²) in [5.74, 6) is -0.408. The first-order valence-electron chi connectivity index (χ1n) is 5.04. The second-order valence-corrected chi connectivity index (χ2v) is 3.34. The Morgan fingerprint density at radius 1 is 1.67 bits per heavy atom. The first-order chi connectivity index (χ1) is 7.19. The lowest BCUT2D eigenvalue weighted by molar-refractivity contribution is 0.0594. The molecule has 5 heteroatoms. The number of carbonyl (C=O) groups is 1. The normalized spacial score (nSPS) is 10.1. The lowest BCUT2D eigenvalue weighted by atomic mass is 10.3. The van der Waals surface area contributed by atoms with Gasteiger partial charge in [-0.1, -0.05) is 13.3 Å². The number of unbranched alkanes of at least 4 members (excludes halogenated alkanes) is 1. The van der Waals surface area contributed by atoms with Crippen molar-refractivity contribution < 1.29 is 9.53 Å². The molecule has 1 N–H and O–H groups in total. The molecular weight excluding hydrogens is 194 g/mol. The highest BCUT2D eigenvalue weighted by Gasteiger charge is 2.15. The van der Waals surface area contributed by atoms with Crippen LogP contribution in [0.25, 0.3) is 0 Å². The zero-order valence-corrected chi connectivity index (χ0v) is 9.41. The van der Waals surface area contributed by atoms with Crippen LogP contribution in [0.2, 0.25) is 0 Å².